The lowest BCUT2D eigenvalue weighted by Crippen LogP contribution is -2.40. The second-order valence-corrected chi connectivity index (χ2v) is 5.86. The van der Waals surface area contributed by atoms with Gasteiger partial charge in [-0.1, -0.05) is 20.8 Å². The van der Waals surface area contributed by atoms with Crippen LogP contribution in [0.4, 0.5) is 0 Å². The predicted octanol–water partition coefficient (Wildman–Crippen LogP) is 2.74. The molecule has 0 aromatic carbocycles. The molecule has 0 saturated carbocycles. The summed E-state index contributed by atoms with van der Waals surface area (Å²) >= 11 is 0. The molecule has 0 aromatic rings. The van der Waals surface area contributed by atoms with E-state index in [4.69, 9.17) is 0 Å². The van der Waals surface area contributed by atoms with Gasteiger partial charge in [0.15, 0.2) is 0 Å². The number of hydrogen-bond donors (Lipinski definition) is 1. The zero-order valence-electron chi connectivity index (χ0n) is 11.6. The highest BCUT2D eigenvalue weighted by Gasteiger charge is 2.21. The Morgan fingerprint density at radius 1 is 1.31 bits per heavy atom. The first-order valence-corrected chi connectivity index (χ1v) is 7.07. The molecule has 16 heavy (non-hydrogen) atoms. The van der Waals surface area contributed by atoms with Crippen LogP contribution < -0.4 is 5.32 Å². The summed E-state index contributed by atoms with van der Waals surface area (Å²) in [5.74, 6) is 1.73. The number of rotatable bonds is 6. The van der Waals surface area contributed by atoms with Gasteiger partial charge in [0.1, 0.15) is 0 Å². The summed E-state index contributed by atoms with van der Waals surface area (Å²) in [5.41, 5.74) is 0. The molecule has 2 nitrogen and oxygen atoms in total. The van der Waals surface area contributed by atoms with Crippen molar-refractivity contribution in [3.05, 3.63) is 0 Å². The van der Waals surface area contributed by atoms with Crippen molar-refractivity contribution >= 4 is 0 Å². The maximum absolute atomic E-state index is 3.53. The molecule has 1 N–H and O–H groups in total. The maximum atomic E-state index is 3.53. The molecule has 0 bridgehead atoms. The summed E-state index contributed by atoms with van der Waals surface area (Å²) in [6.45, 7) is 14.2. The molecule has 1 aliphatic rings. The summed E-state index contributed by atoms with van der Waals surface area (Å²) in [6.07, 6.45) is 4.18. The van der Waals surface area contributed by atoms with E-state index in [1.807, 2.05) is 0 Å². The van der Waals surface area contributed by atoms with Crippen molar-refractivity contribution in [2.24, 2.45) is 11.8 Å². The summed E-state index contributed by atoms with van der Waals surface area (Å²) in [4.78, 5) is 2.66. The third kappa shape index (κ3) is 5.31. The Hall–Kier alpha value is -0.0800. The molecule has 1 aliphatic heterocycles. The van der Waals surface area contributed by atoms with Gasteiger partial charge in [0, 0.05) is 19.1 Å². The lowest BCUT2D eigenvalue weighted by atomic mass is 9.91. The second kappa shape index (κ2) is 7.29. The van der Waals surface area contributed by atoms with Crippen LogP contribution in [0.15, 0.2) is 0 Å². The smallest absolute Gasteiger partial charge is 0.00417 e. The Balaban J connectivity index is 2.27. The van der Waals surface area contributed by atoms with E-state index >= 15 is 0 Å². The minimum Gasteiger partial charge on any atom is -0.315 e. The van der Waals surface area contributed by atoms with Gasteiger partial charge in [0.2, 0.25) is 0 Å². The van der Waals surface area contributed by atoms with E-state index in [1.165, 1.54) is 38.9 Å². The summed E-state index contributed by atoms with van der Waals surface area (Å²) in [7, 11) is 0. The van der Waals surface area contributed by atoms with Crippen molar-refractivity contribution in [1.29, 1.82) is 0 Å². The third-order valence-corrected chi connectivity index (χ3v) is 3.47. The molecular weight excluding hydrogens is 196 g/mol. The van der Waals surface area contributed by atoms with E-state index in [0.29, 0.717) is 6.04 Å². The van der Waals surface area contributed by atoms with E-state index in [1.54, 1.807) is 0 Å². The van der Waals surface area contributed by atoms with E-state index in [-0.39, 0.29) is 0 Å². The minimum absolute atomic E-state index is 0.689. The average Bonchev–Trinajstić information content (AvgIpc) is 2.17. The monoisotopic (exact) mass is 226 g/mol. The van der Waals surface area contributed by atoms with Crippen LogP contribution in [-0.4, -0.2) is 37.1 Å². The number of nitrogens with zero attached hydrogens (tertiary/aromatic N) is 1. The van der Waals surface area contributed by atoms with E-state index < -0.39 is 0 Å². The van der Waals surface area contributed by atoms with Gasteiger partial charge in [-0.3, -0.25) is 0 Å². The molecule has 0 amide bonds. The Labute approximate surface area is 102 Å². The molecular formula is C14H30N2. The molecule has 2 atom stereocenters. The molecule has 0 spiro atoms. The average molecular weight is 226 g/mol. The van der Waals surface area contributed by atoms with Gasteiger partial charge in [0.25, 0.3) is 0 Å². The fraction of sp³-hybridized carbons (Fsp3) is 1.00. The number of likely N-dealkylation sites (tertiary alicyclic amines) is 1. The Morgan fingerprint density at radius 3 is 2.69 bits per heavy atom. The first-order valence-electron chi connectivity index (χ1n) is 7.07. The topological polar surface area (TPSA) is 15.3 Å². The molecule has 1 heterocycles. The lowest BCUT2D eigenvalue weighted by molar-refractivity contribution is 0.147. The van der Waals surface area contributed by atoms with Crippen molar-refractivity contribution in [2.75, 3.05) is 26.2 Å². The highest BCUT2D eigenvalue weighted by Crippen LogP contribution is 2.21. The van der Waals surface area contributed by atoms with Crippen molar-refractivity contribution in [3.63, 3.8) is 0 Å². The quantitative estimate of drug-likeness (QED) is 0.749. The fourth-order valence-corrected chi connectivity index (χ4v) is 2.96. The van der Waals surface area contributed by atoms with Gasteiger partial charge in [0.05, 0.1) is 0 Å². The molecule has 1 saturated heterocycles. The molecule has 1 fully saturated rings. The molecule has 0 radical (unpaired) electrons. The van der Waals surface area contributed by atoms with E-state index in [9.17, 15) is 0 Å². The van der Waals surface area contributed by atoms with Gasteiger partial charge >= 0.3 is 0 Å². The molecule has 2 heteroatoms. The van der Waals surface area contributed by atoms with Crippen LogP contribution in [0.1, 0.15) is 47.0 Å². The highest BCUT2D eigenvalue weighted by molar-refractivity contribution is 4.76. The standard InChI is InChI=1S/C14H30N2/c1-5-15-13(4)9-14-7-6-8-16(11-14)10-12(2)3/h12-15H,5-11H2,1-4H3. The van der Waals surface area contributed by atoms with Crippen LogP contribution in [-0.2, 0) is 0 Å². The number of hydrogen-bond acceptors (Lipinski definition) is 2. The van der Waals surface area contributed by atoms with E-state index in [2.05, 4.69) is 37.9 Å². The maximum Gasteiger partial charge on any atom is 0.00417 e. The van der Waals surface area contributed by atoms with Crippen LogP contribution in [0.2, 0.25) is 0 Å². The first-order chi connectivity index (χ1) is 7.61. The fourth-order valence-electron chi connectivity index (χ4n) is 2.96. The summed E-state index contributed by atoms with van der Waals surface area (Å²) in [6, 6.07) is 0.689. The van der Waals surface area contributed by atoms with Crippen LogP contribution >= 0.6 is 0 Å². The molecule has 2 unspecified atom stereocenters. The zero-order valence-corrected chi connectivity index (χ0v) is 11.6. The van der Waals surface area contributed by atoms with Crippen LogP contribution in [0.5, 0.6) is 0 Å². The van der Waals surface area contributed by atoms with Crippen molar-refractivity contribution < 1.29 is 0 Å². The van der Waals surface area contributed by atoms with Crippen molar-refractivity contribution in [2.45, 2.75) is 53.0 Å². The van der Waals surface area contributed by atoms with Crippen molar-refractivity contribution in [1.82, 2.24) is 10.2 Å². The SMILES string of the molecule is CCNC(C)CC1CCCN(CC(C)C)C1. The second-order valence-electron chi connectivity index (χ2n) is 5.86. The first kappa shape index (κ1) is 14.0. The normalized spacial score (nSPS) is 24.9. The van der Waals surface area contributed by atoms with Crippen molar-refractivity contribution in [3.8, 4) is 0 Å². The number of piperidine rings is 1. The Morgan fingerprint density at radius 2 is 2.06 bits per heavy atom. The summed E-state index contributed by atoms with van der Waals surface area (Å²) < 4.78 is 0. The van der Waals surface area contributed by atoms with Crippen LogP contribution in [0.3, 0.4) is 0 Å². The summed E-state index contributed by atoms with van der Waals surface area (Å²) in [5, 5.41) is 3.53. The van der Waals surface area contributed by atoms with Gasteiger partial charge in [-0.2, -0.15) is 0 Å². The van der Waals surface area contributed by atoms with Crippen LogP contribution in [0.25, 0.3) is 0 Å². The largest absolute Gasteiger partial charge is 0.315 e. The van der Waals surface area contributed by atoms with E-state index in [0.717, 1.165) is 18.4 Å². The predicted molar refractivity (Wildman–Crippen MR) is 71.8 cm³/mol. The highest BCUT2D eigenvalue weighted by atomic mass is 15.1. The van der Waals surface area contributed by atoms with Gasteiger partial charge < -0.3 is 10.2 Å². The van der Waals surface area contributed by atoms with Gasteiger partial charge in [-0.15, -0.1) is 0 Å². The van der Waals surface area contributed by atoms with Gasteiger partial charge in [-0.25, -0.2) is 0 Å². The third-order valence-electron chi connectivity index (χ3n) is 3.47. The molecule has 0 aromatic heterocycles. The Kier molecular flexibility index (Phi) is 6.37. The molecule has 96 valence electrons. The molecule has 0 aliphatic carbocycles. The van der Waals surface area contributed by atoms with Gasteiger partial charge in [-0.05, 0) is 51.1 Å². The van der Waals surface area contributed by atoms with Crippen LogP contribution in [0, 0.1) is 11.8 Å². The Bertz CT molecular complexity index is 180. The lowest BCUT2D eigenvalue weighted by Gasteiger charge is -2.35. The minimum atomic E-state index is 0.689. The number of nitrogens with one attached hydrogen (secondary N) is 1. The molecule has 1 rings (SSSR count). The zero-order chi connectivity index (χ0) is 12.0.